The van der Waals surface area contributed by atoms with E-state index in [-0.39, 0.29) is 11.4 Å². The highest BCUT2D eigenvalue weighted by Gasteiger charge is 2.15. The minimum Gasteiger partial charge on any atom is -0.481 e. The Morgan fingerprint density at radius 3 is 2.65 bits per heavy atom. The first-order chi connectivity index (χ1) is 9.34. The first-order valence-electron chi connectivity index (χ1n) is 6.65. The molecule has 1 aromatic rings. The zero-order chi connectivity index (χ0) is 15.2. The molecule has 114 valence electrons. The van der Waals surface area contributed by atoms with Gasteiger partial charge in [-0.05, 0) is 19.3 Å². The number of imidazole rings is 1. The number of carboxylic acids is 1. The predicted molar refractivity (Wildman–Crippen MR) is 73.7 cm³/mol. The van der Waals surface area contributed by atoms with Crippen LogP contribution in [0.2, 0.25) is 0 Å². The number of primary sulfonamides is 1. The summed E-state index contributed by atoms with van der Waals surface area (Å²) in [6, 6.07) is 0. The lowest BCUT2D eigenvalue weighted by molar-refractivity contribution is -0.137. The lowest BCUT2D eigenvalue weighted by atomic mass is 10.2. The van der Waals surface area contributed by atoms with Crippen molar-refractivity contribution in [2.24, 2.45) is 5.14 Å². The number of aliphatic carboxylic acids is 1. The minimum atomic E-state index is -3.78. The first kappa shape index (κ1) is 16.6. The fraction of sp³-hybridized carbons (Fsp3) is 0.667. The molecule has 0 bridgehead atoms. The Balaban J connectivity index is 2.63. The van der Waals surface area contributed by atoms with Crippen molar-refractivity contribution in [2.45, 2.75) is 57.0 Å². The number of sulfonamides is 1. The molecule has 7 nitrogen and oxygen atoms in total. The third kappa shape index (κ3) is 5.30. The third-order valence-electron chi connectivity index (χ3n) is 2.89. The van der Waals surface area contributed by atoms with Gasteiger partial charge in [0.2, 0.25) is 0 Å². The van der Waals surface area contributed by atoms with Crippen LogP contribution < -0.4 is 5.14 Å². The lowest BCUT2D eigenvalue weighted by Gasteiger charge is -2.06. The van der Waals surface area contributed by atoms with Crippen LogP contribution in [-0.2, 0) is 27.8 Å². The van der Waals surface area contributed by atoms with Gasteiger partial charge in [-0.15, -0.1) is 0 Å². The van der Waals surface area contributed by atoms with Crippen LogP contribution in [0, 0.1) is 0 Å². The summed E-state index contributed by atoms with van der Waals surface area (Å²) in [4.78, 5) is 14.4. The number of rotatable bonds is 9. The smallest absolute Gasteiger partial charge is 0.303 e. The average Bonchev–Trinajstić information content (AvgIpc) is 2.72. The topological polar surface area (TPSA) is 115 Å². The molecule has 0 amide bonds. The molecule has 0 aliphatic rings. The molecule has 0 aliphatic heterocycles. The quantitative estimate of drug-likeness (QED) is 0.663. The fourth-order valence-electron chi connectivity index (χ4n) is 1.92. The molecule has 0 saturated heterocycles. The molecule has 0 aromatic carbocycles. The van der Waals surface area contributed by atoms with E-state index in [2.05, 4.69) is 4.98 Å². The molecular formula is C12H21N3O4S. The Bertz CT molecular complexity index is 551. The van der Waals surface area contributed by atoms with Gasteiger partial charge in [0, 0.05) is 25.6 Å². The number of aryl methyl sites for hydroxylation is 2. The van der Waals surface area contributed by atoms with Gasteiger partial charge in [-0.2, -0.15) is 0 Å². The van der Waals surface area contributed by atoms with E-state index in [9.17, 15) is 13.2 Å². The number of unbranched alkanes of at least 4 members (excludes halogenated alkanes) is 2. The number of nitrogens with two attached hydrogens (primary N) is 1. The second-order valence-corrected chi connectivity index (χ2v) is 6.20. The Labute approximate surface area is 118 Å². The van der Waals surface area contributed by atoms with E-state index < -0.39 is 16.0 Å². The summed E-state index contributed by atoms with van der Waals surface area (Å²) in [6.07, 6.45) is 5.34. The van der Waals surface area contributed by atoms with Crippen molar-refractivity contribution in [2.75, 3.05) is 0 Å². The summed E-state index contributed by atoms with van der Waals surface area (Å²) in [6.45, 7) is 2.61. The van der Waals surface area contributed by atoms with Crippen molar-refractivity contribution in [1.29, 1.82) is 0 Å². The van der Waals surface area contributed by atoms with Crippen LogP contribution in [0.3, 0.4) is 0 Å². The number of hydrogen-bond acceptors (Lipinski definition) is 4. The van der Waals surface area contributed by atoms with Crippen molar-refractivity contribution >= 4 is 16.0 Å². The number of carboxylic acid groups (broad SMARTS) is 1. The maximum Gasteiger partial charge on any atom is 0.303 e. The number of carbonyl (C=O) groups is 1. The SMILES string of the molecule is CCCc1nc(S(N)(=O)=O)cn1CCCCCC(=O)O. The van der Waals surface area contributed by atoms with E-state index in [4.69, 9.17) is 10.2 Å². The molecule has 20 heavy (non-hydrogen) atoms. The molecular weight excluding hydrogens is 282 g/mol. The number of nitrogens with zero attached hydrogens (tertiary/aromatic N) is 2. The third-order valence-corrected chi connectivity index (χ3v) is 3.67. The maximum absolute atomic E-state index is 11.3. The molecule has 1 heterocycles. The Hall–Kier alpha value is -1.41. The first-order valence-corrected chi connectivity index (χ1v) is 8.20. The largest absolute Gasteiger partial charge is 0.481 e. The van der Waals surface area contributed by atoms with Gasteiger partial charge < -0.3 is 9.67 Å². The Morgan fingerprint density at radius 1 is 1.40 bits per heavy atom. The van der Waals surface area contributed by atoms with E-state index in [0.29, 0.717) is 25.2 Å². The van der Waals surface area contributed by atoms with Gasteiger partial charge in [-0.1, -0.05) is 13.3 Å². The average molecular weight is 303 g/mol. The van der Waals surface area contributed by atoms with Crippen molar-refractivity contribution in [3.63, 3.8) is 0 Å². The van der Waals surface area contributed by atoms with Crippen LogP contribution in [0.5, 0.6) is 0 Å². The van der Waals surface area contributed by atoms with Gasteiger partial charge in [0.25, 0.3) is 10.0 Å². The van der Waals surface area contributed by atoms with Gasteiger partial charge in [0.15, 0.2) is 5.03 Å². The summed E-state index contributed by atoms with van der Waals surface area (Å²) in [5.74, 6) is -0.0921. The summed E-state index contributed by atoms with van der Waals surface area (Å²) < 4.78 is 24.4. The molecule has 0 aliphatic carbocycles. The van der Waals surface area contributed by atoms with Crippen molar-refractivity contribution in [3.8, 4) is 0 Å². The van der Waals surface area contributed by atoms with Gasteiger partial charge in [0.05, 0.1) is 0 Å². The van der Waals surface area contributed by atoms with Crippen LogP contribution in [-0.4, -0.2) is 29.0 Å². The minimum absolute atomic E-state index is 0.105. The molecule has 0 atom stereocenters. The summed E-state index contributed by atoms with van der Waals surface area (Å²) in [5, 5.41) is 13.5. The van der Waals surface area contributed by atoms with Crippen LogP contribution in [0.15, 0.2) is 11.2 Å². The Kier molecular flexibility index (Phi) is 6.15. The normalized spacial score (nSPS) is 11.7. The highest BCUT2D eigenvalue weighted by atomic mass is 32.2. The Morgan fingerprint density at radius 2 is 2.10 bits per heavy atom. The van der Waals surface area contributed by atoms with Gasteiger partial charge in [-0.3, -0.25) is 4.79 Å². The molecule has 0 fully saturated rings. The fourth-order valence-corrected chi connectivity index (χ4v) is 2.42. The van der Waals surface area contributed by atoms with E-state index >= 15 is 0 Å². The zero-order valence-electron chi connectivity index (χ0n) is 11.6. The second-order valence-electron chi connectivity index (χ2n) is 4.69. The van der Waals surface area contributed by atoms with E-state index in [1.165, 1.54) is 6.20 Å². The number of aromatic nitrogens is 2. The molecule has 1 aromatic heterocycles. The molecule has 8 heteroatoms. The van der Waals surface area contributed by atoms with Gasteiger partial charge in [-0.25, -0.2) is 18.5 Å². The lowest BCUT2D eigenvalue weighted by Crippen LogP contribution is -2.12. The molecule has 0 radical (unpaired) electrons. The summed E-state index contributed by atoms with van der Waals surface area (Å²) in [7, 11) is -3.78. The van der Waals surface area contributed by atoms with Crippen LogP contribution in [0.4, 0.5) is 0 Å². The molecule has 1 rings (SSSR count). The molecule has 3 N–H and O–H groups in total. The summed E-state index contributed by atoms with van der Waals surface area (Å²) >= 11 is 0. The van der Waals surface area contributed by atoms with E-state index in [1.807, 2.05) is 6.92 Å². The maximum atomic E-state index is 11.3. The van der Waals surface area contributed by atoms with E-state index in [0.717, 1.165) is 19.3 Å². The van der Waals surface area contributed by atoms with Crippen LogP contribution in [0.1, 0.15) is 44.9 Å². The van der Waals surface area contributed by atoms with Gasteiger partial charge in [0.1, 0.15) is 5.82 Å². The summed E-state index contributed by atoms with van der Waals surface area (Å²) in [5.41, 5.74) is 0. The van der Waals surface area contributed by atoms with Crippen molar-refractivity contribution in [3.05, 3.63) is 12.0 Å². The second kappa shape index (κ2) is 7.39. The molecule has 0 spiro atoms. The highest BCUT2D eigenvalue weighted by molar-refractivity contribution is 7.89. The van der Waals surface area contributed by atoms with Crippen LogP contribution >= 0.6 is 0 Å². The van der Waals surface area contributed by atoms with Crippen LogP contribution in [0.25, 0.3) is 0 Å². The van der Waals surface area contributed by atoms with Crippen molar-refractivity contribution < 1.29 is 18.3 Å². The molecule has 0 unspecified atom stereocenters. The predicted octanol–water partition coefficient (Wildman–Crippen LogP) is 1.13. The van der Waals surface area contributed by atoms with Crippen molar-refractivity contribution in [1.82, 2.24) is 9.55 Å². The monoisotopic (exact) mass is 303 g/mol. The van der Waals surface area contributed by atoms with Gasteiger partial charge >= 0.3 is 5.97 Å². The van der Waals surface area contributed by atoms with E-state index in [1.54, 1.807) is 4.57 Å². The molecule has 0 saturated carbocycles. The standard InChI is InChI=1S/C12H21N3O4S/c1-2-6-10-14-11(20(13,18)19)9-15(10)8-5-3-4-7-12(16)17/h9H,2-8H2,1H3,(H,16,17)(H2,13,18,19). The highest BCUT2D eigenvalue weighted by Crippen LogP contribution is 2.12. The zero-order valence-corrected chi connectivity index (χ0v) is 12.4. The number of hydrogen-bond donors (Lipinski definition) is 2.